The third-order valence-corrected chi connectivity index (χ3v) is 1.49. The van der Waals surface area contributed by atoms with Crippen LogP contribution in [0.3, 0.4) is 0 Å². The van der Waals surface area contributed by atoms with Gasteiger partial charge in [0, 0.05) is 0 Å². The number of hydrogen-bond acceptors (Lipinski definition) is 3. The standard InChI is InChI=1S/C3H6O2.O.Sn.H/c1-2-3(4)5;;;/h2H2,1H3,(H,4,5);;;/q;;+1;/p-1. The molecule has 0 fully saturated rings. The average Bonchev–Trinajstić information content (AvgIpc) is 1.68. The Labute approximate surface area is 52.2 Å². The summed E-state index contributed by atoms with van der Waals surface area (Å²) >= 11 is -2.11. The monoisotopic (exact) mass is 210 g/mol. The fourth-order valence-electron chi connectivity index (χ4n) is 0.137. The fraction of sp³-hybridized carbons (Fsp3) is 0.667. The zero-order valence-corrected chi connectivity index (χ0v) is 7.30. The molecule has 0 saturated carbocycles. The molecule has 0 saturated heterocycles. The zero-order valence-electron chi connectivity index (χ0n) is 4.01. The molecule has 0 aromatic heterocycles. The normalized spacial score (nSPS) is 7.57. The van der Waals surface area contributed by atoms with E-state index in [0.29, 0.717) is 6.42 Å². The van der Waals surface area contributed by atoms with E-state index in [-0.39, 0.29) is 5.97 Å². The second-order valence-electron chi connectivity index (χ2n) is 0.940. The Morgan fingerprint density at radius 1 is 1.86 bits per heavy atom. The molecule has 0 aromatic rings. The molecule has 0 radical (unpaired) electrons. The minimum absolute atomic E-state index is 0.327. The van der Waals surface area contributed by atoms with Crippen LogP contribution in [-0.4, -0.2) is 27.5 Å². The Bertz CT molecular complexity index is 80.2. The molecule has 0 rings (SSSR count). The maximum absolute atomic E-state index is 10.0. The van der Waals surface area contributed by atoms with Crippen LogP contribution < -0.4 is 0 Å². The molecular formula is C3H6O3Sn. The molecule has 0 aliphatic rings. The van der Waals surface area contributed by atoms with Gasteiger partial charge in [0.25, 0.3) is 0 Å². The van der Waals surface area contributed by atoms with Crippen molar-refractivity contribution in [2.24, 2.45) is 0 Å². The number of carbonyl (C=O) groups excluding carboxylic acids is 1. The van der Waals surface area contributed by atoms with E-state index >= 15 is 0 Å². The Morgan fingerprint density at radius 2 is 2.43 bits per heavy atom. The van der Waals surface area contributed by atoms with E-state index in [9.17, 15) is 7.87 Å². The van der Waals surface area contributed by atoms with Crippen LogP contribution in [0.25, 0.3) is 0 Å². The SMILES string of the molecule is CCC(=O)[O][SnH]=[O]. The summed E-state index contributed by atoms with van der Waals surface area (Å²) in [5.74, 6) is -0.351. The molecular weight excluding hydrogens is 203 g/mol. The van der Waals surface area contributed by atoms with Crippen LogP contribution in [0.1, 0.15) is 13.3 Å². The first kappa shape index (κ1) is 7.07. The molecule has 0 spiro atoms. The van der Waals surface area contributed by atoms with Gasteiger partial charge in [-0.1, -0.05) is 0 Å². The Balaban J connectivity index is 3.17. The molecule has 0 N–H and O–H groups in total. The topological polar surface area (TPSA) is 43.4 Å². The summed E-state index contributed by atoms with van der Waals surface area (Å²) in [5, 5.41) is 0. The molecule has 0 aliphatic heterocycles. The van der Waals surface area contributed by atoms with Gasteiger partial charge in [0.15, 0.2) is 0 Å². The molecule has 3 nitrogen and oxygen atoms in total. The molecule has 0 heterocycles. The van der Waals surface area contributed by atoms with E-state index in [1.807, 2.05) is 0 Å². The van der Waals surface area contributed by atoms with Crippen molar-refractivity contribution in [2.75, 3.05) is 0 Å². The first-order valence-corrected chi connectivity index (χ1v) is 4.63. The molecule has 4 heteroatoms. The molecule has 0 aliphatic carbocycles. The summed E-state index contributed by atoms with van der Waals surface area (Å²) in [6, 6.07) is 0. The Kier molecular flexibility index (Phi) is 4.28. The van der Waals surface area contributed by atoms with Gasteiger partial charge in [0.05, 0.1) is 0 Å². The van der Waals surface area contributed by atoms with Gasteiger partial charge >= 0.3 is 51.8 Å². The summed E-state index contributed by atoms with van der Waals surface area (Å²) in [6.07, 6.45) is 0.327. The van der Waals surface area contributed by atoms with E-state index < -0.39 is 21.5 Å². The number of hydrogen-bond donors (Lipinski definition) is 0. The van der Waals surface area contributed by atoms with Gasteiger partial charge in [0.2, 0.25) is 0 Å². The van der Waals surface area contributed by atoms with E-state index in [2.05, 4.69) is 3.07 Å². The summed E-state index contributed by atoms with van der Waals surface area (Å²) in [7, 11) is 0. The van der Waals surface area contributed by atoms with Crippen LogP contribution in [0.2, 0.25) is 0 Å². The van der Waals surface area contributed by atoms with E-state index in [1.165, 1.54) is 0 Å². The summed E-state index contributed by atoms with van der Waals surface area (Å²) in [6.45, 7) is 1.67. The van der Waals surface area contributed by atoms with Gasteiger partial charge in [-0.05, 0) is 0 Å². The van der Waals surface area contributed by atoms with Crippen molar-refractivity contribution < 1.29 is 10.9 Å². The number of carbonyl (C=O) groups is 1. The summed E-state index contributed by atoms with van der Waals surface area (Å²) < 4.78 is 13.8. The second-order valence-corrected chi connectivity index (χ2v) is 2.16. The molecule has 40 valence electrons. The van der Waals surface area contributed by atoms with Crippen molar-refractivity contribution in [3.63, 3.8) is 0 Å². The van der Waals surface area contributed by atoms with Gasteiger partial charge in [-0.2, -0.15) is 0 Å². The van der Waals surface area contributed by atoms with Crippen molar-refractivity contribution in [1.82, 2.24) is 0 Å². The van der Waals surface area contributed by atoms with Gasteiger partial charge in [-0.25, -0.2) is 0 Å². The minimum atomic E-state index is -2.11. The Morgan fingerprint density at radius 3 is 2.57 bits per heavy atom. The van der Waals surface area contributed by atoms with Gasteiger partial charge in [-0.15, -0.1) is 0 Å². The first-order valence-electron chi connectivity index (χ1n) is 1.94. The Hall–Kier alpha value is 0.0687. The van der Waals surface area contributed by atoms with Gasteiger partial charge in [0.1, 0.15) is 0 Å². The van der Waals surface area contributed by atoms with Crippen molar-refractivity contribution >= 4 is 27.5 Å². The molecule has 7 heavy (non-hydrogen) atoms. The van der Waals surface area contributed by atoms with Crippen molar-refractivity contribution in [1.29, 1.82) is 0 Å². The molecule has 0 bridgehead atoms. The van der Waals surface area contributed by atoms with Crippen molar-refractivity contribution in [3.8, 4) is 0 Å². The van der Waals surface area contributed by atoms with Crippen molar-refractivity contribution in [3.05, 3.63) is 0 Å². The predicted octanol–water partition coefficient (Wildman–Crippen LogP) is -0.363. The van der Waals surface area contributed by atoms with Crippen LogP contribution >= 0.6 is 0 Å². The van der Waals surface area contributed by atoms with Crippen LogP contribution in [0.4, 0.5) is 0 Å². The van der Waals surface area contributed by atoms with E-state index in [1.54, 1.807) is 6.92 Å². The zero-order chi connectivity index (χ0) is 5.70. The van der Waals surface area contributed by atoms with Crippen LogP contribution in [0, 0.1) is 0 Å². The van der Waals surface area contributed by atoms with Gasteiger partial charge < -0.3 is 0 Å². The molecule has 0 atom stereocenters. The second kappa shape index (κ2) is 4.23. The average molecular weight is 209 g/mol. The van der Waals surface area contributed by atoms with Crippen LogP contribution in [0.15, 0.2) is 0 Å². The summed E-state index contributed by atoms with van der Waals surface area (Å²) in [5.41, 5.74) is 0. The first-order chi connectivity index (χ1) is 3.31. The third kappa shape index (κ3) is 3.91. The van der Waals surface area contributed by atoms with Crippen LogP contribution in [-0.2, 0) is 10.9 Å². The predicted molar refractivity (Wildman–Crippen MR) is 24.2 cm³/mol. The van der Waals surface area contributed by atoms with Gasteiger partial charge in [-0.3, -0.25) is 0 Å². The van der Waals surface area contributed by atoms with Crippen molar-refractivity contribution in [2.45, 2.75) is 13.3 Å². The maximum atomic E-state index is 10.0. The van der Waals surface area contributed by atoms with E-state index in [0.717, 1.165) is 0 Å². The third-order valence-electron chi connectivity index (χ3n) is 0.468. The van der Waals surface area contributed by atoms with Crippen LogP contribution in [0.5, 0.6) is 0 Å². The number of rotatable bonds is 2. The molecule has 0 amide bonds. The van der Waals surface area contributed by atoms with E-state index in [4.69, 9.17) is 0 Å². The molecule has 0 unspecified atom stereocenters. The molecule has 0 aromatic carbocycles. The fourth-order valence-corrected chi connectivity index (χ4v) is 0.919. The quantitative estimate of drug-likeness (QED) is 0.583. The summed E-state index contributed by atoms with van der Waals surface area (Å²) in [4.78, 5) is 10.0.